The first-order valence-electron chi connectivity index (χ1n) is 6.94. The van der Waals surface area contributed by atoms with Crippen LogP contribution in [0.25, 0.3) is 0 Å². The van der Waals surface area contributed by atoms with Crippen molar-refractivity contribution in [2.75, 3.05) is 0 Å². The summed E-state index contributed by atoms with van der Waals surface area (Å²) in [5.74, 6) is 0.463. The molecule has 2 unspecified atom stereocenters. The van der Waals surface area contributed by atoms with E-state index in [2.05, 4.69) is 12.2 Å². The van der Waals surface area contributed by atoms with Crippen LogP contribution < -0.4 is 11.1 Å². The second-order valence-corrected chi connectivity index (χ2v) is 6.48. The summed E-state index contributed by atoms with van der Waals surface area (Å²) in [5, 5.41) is 3.05. The summed E-state index contributed by atoms with van der Waals surface area (Å²) in [6.07, 6.45) is 3.17. The molecule has 0 saturated heterocycles. The Kier molecular flexibility index (Phi) is 5.17. The number of rotatable bonds is 4. The number of hydrogen-bond donors (Lipinski definition) is 2. The lowest BCUT2D eigenvalue weighted by atomic mass is 10.0. The molecule has 4 atom stereocenters. The van der Waals surface area contributed by atoms with Crippen LogP contribution in [0, 0.1) is 5.92 Å². The smallest absolute Gasteiger partial charge is 0.239 e. The SMILES string of the molecule is CC1CCCC1NC(=O)[C@@H](N)[C@@H](C)OC(C)(C)C. The van der Waals surface area contributed by atoms with Crippen LogP contribution in [0.15, 0.2) is 0 Å². The summed E-state index contributed by atoms with van der Waals surface area (Å²) in [7, 11) is 0. The molecule has 1 aliphatic rings. The maximum Gasteiger partial charge on any atom is 0.239 e. The largest absolute Gasteiger partial charge is 0.371 e. The Hall–Kier alpha value is -0.610. The average Bonchev–Trinajstić information content (AvgIpc) is 2.60. The molecule has 4 heteroatoms. The lowest BCUT2D eigenvalue weighted by Crippen LogP contribution is -2.52. The van der Waals surface area contributed by atoms with Crippen LogP contribution in [0.4, 0.5) is 0 Å². The van der Waals surface area contributed by atoms with Crippen LogP contribution in [-0.4, -0.2) is 29.7 Å². The van der Waals surface area contributed by atoms with Gasteiger partial charge in [-0.25, -0.2) is 0 Å². The van der Waals surface area contributed by atoms with Crippen LogP contribution in [0.1, 0.15) is 53.9 Å². The zero-order valence-electron chi connectivity index (χ0n) is 12.3. The van der Waals surface area contributed by atoms with E-state index in [-0.39, 0.29) is 23.7 Å². The molecule has 106 valence electrons. The third-order valence-corrected chi connectivity index (χ3v) is 3.54. The molecule has 1 aliphatic carbocycles. The molecule has 4 nitrogen and oxygen atoms in total. The minimum Gasteiger partial charge on any atom is -0.371 e. The first-order chi connectivity index (χ1) is 8.20. The molecule has 0 aliphatic heterocycles. The number of carbonyl (C=O) groups is 1. The fraction of sp³-hybridized carbons (Fsp3) is 0.929. The molecule has 0 aromatic heterocycles. The van der Waals surface area contributed by atoms with Gasteiger partial charge in [0.2, 0.25) is 5.91 Å². The fourth-order valence-corrected chi connectivity index (χ4v) is 2.48. The van der Waals surface area contributed by atoms with Gasteiger partial charge in [0.05, 0.1) is 11.7 Å². The summed E-state index contributed by atoms with van der Waals surface area (Å²) in [5.41, 5.74) is 5.67. The van der Waals surface area contributed by atoms with Gasteiger partial charge in [0.1, 0.15) is 6.04 Å². The van der Waals surface area contributed by atoms with Crippen molar-refractivity contribution in [3.8, 4) is 0 Å². The number of amides is 1. The van der Waals surface area contributed by atoms with E-state index in [1.165, 1.54) is 12.8 Å². The van der Waals surface area contributed by atoms with Gasteiger partial charge < -0.3 is 15.8 Å². The molecular formula is C14H28N2O2. The second-order valence-electron chi connectivity index (χ2n) is 6.48. The van der Waals surface area contributed by atoms with Crippen molar-refractivity contribution in [3.63, 3.8) is 0 Å². The molecule has 0 bridgehead atoms. The Morgan fingerprint density at radius 1 is 1.39 bits per heavy atom. The second kappa shape index (κ2) is 6.02. The minimum absolute atomic E-state index is 0.0921. The lowest BCUT2D eigenvalue weighted by molar-refractivity contribution is -0.130. The van der Waals surface area contributed by atoms with E-state index in [0.29, 0.717) is 5.92 Å². The fourth-order valence-electron chi connectivity index (χ4n) is 2.48. The third-order valence-electron chi connectivity index (χ3n) is 3.54. The molecule has 1 saturated carbocycles. The molecule has 0 heterocycles. The number of ether oxygens (including phenoxy) is 1. The van der Waals surface area contributed by atoms with E-state index in [4.69, 9.17) is 10.5 Å². The maximum atomic E-state index is 12.1. The van der Waals surface area contributed by atoms with Crippen molar-refractivity contribution in [3.05, 3.63) is 0 Å². The van der Waals surface area contributed by atoms with Crippen molar-refractivity contribution in [2.45, 2.75) is 77.7 Å². The zero-order valence-corrected chi connectivity index (χ0v) is 12.3. The summed E-state index contributed by atoms with van der Waals surface area (Å²) in [6.45, 7) is 9.93. The van der Waals surface area contributed by atoms with Gasteiger partial charge in [-0.05, 0) is 46.5 Å². The predicted molar refractivity (Wildman–Crippen MR) is 73.2 cm³/mol. The topological polar surface area (TPSA) is 64.4 Å². The Bertz CT molecular complexity index is 286. The average molecular weight is 256 g/mol. The Morgan fingerprint density at radius 2 is 2.00 bits per heavy atom. The minimum atomic E-state index is -0.600. The quantitative estimate of drug-likeness (QED) is 0.806. The molecule has 0 radical (unpaired) electrons. The van der Waals surface area contributed by atoms with E-state index >= 15 is 0 Å². The van der Waals surface area contributed by atoms with E-state index in [1.807, 2.05) is 27.7 Å². The highest BCUT2D eigenvalue weighted by atomic mass is 16.5. The van der Waals surface area contributed by atoms with E-state index < -0.39 is 6.04 Å². The first kappa shape index (κ1) is 15.4. The van der Waals surface area contributed by atoms with E-state index in [9.17, 15) is 4.79 Å². The van der Waals surface area contributed by atoms with Gasteiger partial charge >= 0.3 is 0 Å². The van der Waals surface area contributed by atoms with Gasteiger partial charge in [-0.3, -0.25) is 4.79 Å². The van der Waals surface area contributed by atoms with E-state index in [0.717, 1.165) is 6.42 Å². The summed E-state index contributed by atoms with van der Waals surface area (Å²) in [4.78, 5) is 12.1. The van der Waals surface area contributed by atoms with Gasteiger partial charge in [0, 0.05) is 6.04 Å². The van der Waals surface area contributed by atoms with Crippen molar-refractivity contribution >= 4 is 5.91 Å². The summed E-state index contributed by atoms with van der Waals surface area (Å²) >= 11 is 0. The Balaban J connectivity index is 2.45. The molecule has 3 N–H and O–H groups in total. The zero-order chi connectivity index (χ0) is 13.9. The van der Waals surface area contributed by atoms with Crippen LogP contribution in [0.3, 0.4) is 0 Å². The normalized spacial score (nSPS) is 27.9. The van der Waals surface area contributed by atoms with Crippen LogP contribution >= 0.6 is 0 Å². The molecule has 1 fully saturated rings. The first-order valence-corrected chi connectivity index (χ1v) is 6.94. The van der Waals surface area contributed by atoms with Gasteiger partial charge in [-0.2, -0.15) is 0 Å². The maximum absolute atomic E-state index is 12.1. The molecule has 18 heavy (non-hydrogen) atoms. The number of hydrogen-bond acceptors (Lipinski definition) is 3. The highest BCUT2D eigenvalue weighted by molar-refractivity contribution is 5.82. The Morgan fingerprint density at radius 3 is 2.44 bits per heavy atom. The predicted octanol–water partition coefficient (Wildman–Crippen LogP) is 1.82. The summed E-state index contributed by atoms with van der Waals surface area (Å²) < 4.78 is 5.73. The highest BCUT2D eigenvalue weighted by Crippen LogP contribution is 2.24. The van der Waals surface area contributed by atoms with Crippen LogP contribution in [0.5, 0.6) is 0 Å². The van der Waals surface area contributed by atoms with Gasteiger partial charge in [0.25, 0.3) is 0 Å². The van der Waals surface area contributed by atoms with Crippen molar-refractivity contribution in [1.82, 2.24) is 5.32 Å². The third kappa shape index (κ3) is 4.58. The summed E-state index contributed by atoms with van der Waals surface area (Å²) in [6, 6.07) is -0.317. The van der Waals surface area contributed by atoms with Gasteiger partial charge in [-0.1, -0.05) is 13.3 Å². The van der Waals surface area contributed by atoms with Crippen molar-refractivity contribution < 1.29 is 9.53 Å². The molecular weight excluding hydrogens is 228 g/mol. The van der Waals surface area contributed by atoms with Crippen LogP contribution in [-0.2, 0) is 9.53 Å². The van der Waals surface area contributed by atoms with Crippen molar-refractivity contribution in [1.29, 1.82) is 0 Å². The van der Waals surface area contributed by atoms with Crippen molar-refractivity contribution in [2.24, 2.45) is 11.7 Å². The molecule has 0 spiro atoms. The standard InChI is InChI=1S/C14H28N2O2/c1-9-7-6-8-11(9)16-13(17)12(15)10(2)18-14(3,4)5/h9-12H,6-8,15H2,1-5H3,(H,16,17)/t9?,10-,11?,12+/m1/s1. The molecule has 0 aromatic rings. The monoisotopic (exact) mass is 256 g/mol. The molecule has 0 aromatic carbocycles. The number of nitrogens with one attached hydrogen (secondary N) is 1. The Labute approximate surface area is 111 Å². The van der Waals surface area contributed by atoms with Gasteiger partial charge in [0.15, 0.2) is 0 Å². The molecule has 1 rings (SSSR count). The van der Waals surface area contributed by atoms with Crippen LogP contribution in [0.2, 0.25) is 0 Å². The van der Waals surface area contributed by atoms with Gasteiger partial charge in [-0.15, -0.1) is 0 Å². The molecule has 1 amide bonds. The number of carbonyl (C=O) groups excluding carboxylic acids is 1. The highest BCUT2D eigenvalue weighted by Gasteiger charge is 2.30. The lowest BCUT2D eigenvalue weighted by Gasteiger charge is -2.29. The van der Waals surface area contributed by atoms with E-state index in [1.54, 1.807) is 0 Å². The number of nitrogens with two attached hydrogens (primary N) is 1.